The van der Waals surface area contributed by atoms with Crippen LogP contribution in [0.25, 0.3) is 0 Å². The lowest BCUT2D eigenvalue weighted by Gasteiger charge is -2.07. The first-order chi connectivity index (χ1) is 8.88. The molecule has 0 aromatic carbocycles. The minimum atomic E-state index is -0.490. The molecule has 2 N–H and O–H groups in total. The van der Waals surface area contributed by atoms with E-state index in [4.69, 9.17) is 15.2 Å². The van der Waals surface area contributed by atoms with Crippen molar-refractivity contribution in [1.82, 2.24) is 0 Å². The number of rotatable bonds is 5. The number of ether oxygens (including phenoxy) is 2. The minimum Gasteiger partial charge on any atom is -0.462 e. The summed E-state index contributed by atoms with van der Waals surface area (Å²) >= 11 is 1.05. The van der Waals surface area contributed by atoms with Gasteiger partial charge >= 0.3 is 11.9 Å². The molecule has 0 aliphatic heterocycles. The van der Waals surface area contributed by atoms with Crippen LogP contribution in [0.2, 0.25) is 0 Å². The van der Waals surface area contributed by atoms with Gasteiger partial charge in [-0.05, 0) is 25.3 Å². The van der Waals surface area contributed by atoms with Crippen LogP contribution in [-0.2, 0) is 9.47 Å². The molecule has 1 rings (SSSR count). The van der Waals surface area contributed by atoms with Gasteiger partial charge in [0, 0.05) is 0 Å². The molecule has 0 unspecified atom stereocenters. The largest absolute Gasteiger partial charge is 0.462 e. The molecule has 0 aliphatic rings. The van der Waals surface area contributed by atoms with E-state index in [1.165, 1.54) is 0 Å². The van der Waals surface area contributed by atoms with Gasteiger partial charge in [-0.15, -0.1) is 11.3 Å². The highest BCUT2D eigenvalue weighted by Crippen LogP contribution is 2.31. The van der Waals surface area contributed by atoms with Gasteiger partial charge in [0.25, 0.3) is 0 Å². The van der Waals surface area contributed by atoms with E-state index in [1.54, 1.807) is 13.8 Å². The summed E-state index contributed by atoms with van der Waals surface area (Å²) in [7, 11) is 0. The highest BCUT2D eigenvalue weighted by molar-refractivity contribution is 7.18. The van der Waals surface area contributed by atoms with Crippen molar-refractivity contribution in [3.63, 3.8) is 0 Å². The summed E-state index contributed by atoms with van der Waals surface area (Å²) < 4.78 is 10.1. The van der Waals surface area contributed by atoms with Crippen molar-refractivity contribution >= 4 is 28.3 Å². The number of hydrogen-bond acceptors (Lipinski definition) is 6. The zero-order chi connectivity index (χ0) is 14.6. The maximum Gasteiger partial charge on any atom is 0.348 e. The van der Waals surface area contributed by atoms with Crippen LogP contribution in [0.4, 0.5) is 5.00 Å². The van der Waals surface area contributed by atoms with Gasteiger partial charge in [0.05, 0.1) is 18.8 Å². The lowest BCUT2D eigenvalue weighted by atomic mass is 10.1. The SMILES string of the molecule is CCOC(=O)c1sc(N)c(C(=O)OCC(C)C)c1C. The number of thiophene rings is 1. The molecule has 0 radical (unpaired) electrons. The third kappa shape index (κ3) is 3.70. The fourth-order valence-electron chi connectivity index (χ4n) is 1.50. The molecule has 19 heavy (non-hydrogen) atoms. The maximum absolute atomic E-state index is 11.9. The number of carbonyl (C=O) groups is 2. The Morgan fingerprint density at radius 2 is 1.89 bits per heavy atom. The lowest BCUT2D eigenvalue weighted by Crippen LogP contribution is -2.12. The normalized spacial score (nSPS) is 10.6. The summed E-state index contributed by atoms with van der Waals surface area (Å²) in [6, 6.07) is 0. The number of anilines is 1. The molecular formula is C13H19NO4S. The van der Waals surface area contributed by atoms with E-state index < -0.39 is 11.9 Å². The molecule has 1 aromatic heterocycles. The molecule has 1 aromatic rings. The average molecular weight is 285 g/mol. The fraction of sp³-hybridized carbons (Fsp3) is 0.538. The van der Waals surface area contributed by atoms with Crippen molar-refractivity contribution < 1.29 is 19.1 Å². The summed E-state index contributed by atoms with van der Waals surface area (Å²) in [5.74, 6) is -0.705. The molecule has 0 amide bonds. The Morgan fingerprint density at radius 1 is 1.26 bits per heavy atom. The summed E-state index contributed by atoms with van der Waals surface area (Å²) in [4.78, 5) is 24.0. The van der Waals surface area contributed by atoms with Gasteiger partial charge in [-0.1, -0.05) is 13.8 Å². The van der Waals surface area contributed by atoms with Gasteiger partial charge in [0.15, 0.2) is 0 Å². The Bertz CT molecular complexity index is 479. The van der Waals surface area contributed by atoms with E-state index in [9.17, 15) is 9.59 Å². The number of nitrogens with two attached hydrogens (primary N) is 1. The summed E-state index contributed by atoms with van der Waals surface area (Å²) in [6.45, 7) is 7.89. The second-order valence-corrected chi connectivity index (χ2v) is 5.56. The maximum atomic E-state index is 11.9. The van der Waals surface area contributed by atoms with Crippen LogP contribution in [0.1, 0.15) is 46.4 Å². The van der Waals surface area contributed by atoms with E-state index >= 15 is 0 Å². The summed E-state index contributed by atoms with van der Waals surface area (Å²) in [5, 5.41) is 0.286. The molecule has 0 atom stereocenters. The van der Waals surface area contributed by atoms with E-state index in [0.717, 1.165) is 11.3 Å². The lowest BCUT2D eigenvalue weighted by molar-refractivity contribution is 0.0460. The van der Waals surface area contributed by atoms with Crippen LogP contribution in [-0.4, -0.2) is 25.2 Å². The van der Waals surface area contributed by atoms with Crippen molar-refractivity contribution in [2.24, 2.45) is 5.92 Å². The van der Waals surface area contributed by atoms with Gasteiger partial charge in [-0.2, -0.15) is 0 Å². The van der Waals surface area contributed by atoms with Crippen molar-refractivity contribution in [2.75, 3.05) is 18.9 Å². The zero-order valence-electron chi connectivity index (χ0n) is 11.6. The molecule has 0 saturated carbocycles. The summed E-state index contributed by atoms with van der Waals surface area (Å²) in [5.41, 5.74) is 6.59. The van der Waals surface area contributed by atoms with E-state index in [2.05, 4.69) is 0 Å². The first kappa shape index (κ1) is 15.5. The van der Waals surface area contributed by atoms with E-state index in [-0.39, 0.29) is 23.1 Å². The Labute approximate surface area is 116 Å². The first-order valence-electron chi connectivity index (χ1n) is 6.11. The molecular weight excluding hydrogens is 266 g/mol. The molecule has 6 heteroatoms. The van der Waals surface area contributed by atoms with Crippen LogP contribution in [0.5, 0.6) is 0 Å². The number of carbonyl (C=O) groups excluding carboxylic acids is 2. The van der Waals surface area contributed by atoms with Crippen LogP contribution in [0.3, 0.4) is 0 Å². The zero-order valence-corrected chi connectivity index (χ0v) is 12.4. The highest BCUT2D eigenvalue weighted by atomic mass is 32.1. The van der Waals surface area contributed by atoms with Gasteiger partial charge in [-0.3, -0.25) is 0 Å². The monoisotopic (exact) mass is 285 g/mol. The minimum absolute atomic E-state index is 0.244. The van der Waals surface area contributed by atoms with Gasteiger partial charge < -0.3 is 15.2 Å². The van der Waals surface area contributed by atoms with Crippen LogP contribution in [0, 0.1) is 12.8 Å². The van der Waals surface area contributed by atoms with Gasteiger partial charge in [0.1, 0.15) is 9.88 Å². The van der Waals surface area contributed by atoms with Crippen molar-refractivity contribution in [3.05, 3.63) is 16.0 Å². The number of esters is 2. The highest BCUT2D eigenvalue weighted by Gasteiger charge is 2.25. The molecule has 0 saturated heterocycles. The van der Waals surface area contributed by atoms with Crippen LogP contribution >= 0.6 is 11.3 Å². The second kappa shape index (κ2) is 6.56. The quantitative estimate of drug-likeness (QED) is 0.841. The second-order valence-electron chi connectivity index (χ2n) is 4.51. The molecule has 0 fully saturated rings. The summed E-state index contributed by atoms with van der Waals surface area (Å²) in [6.07, 6.45) is 0. The molecule has 0 aliphatic carbocycles. The molecule has 1 heterocycles. The Morgan fingerprint density at radius 3 is 2.42 bits per heavy atom. The third-order valence-electron chi connectivity index (χ3n) is 2.39. The van der Waals surface area contributed by atoms with Crippen molar-refractivity contribution in [1.29, 1.82) is 0 Å². The van der Waals surface area contributed by atoms with E-state index in [1.807, 2.05) is 13.8 Å². The molecule has 0 spiro atoms. The molecule has 106 valence electrons. The predicted molar refractivity (Wildman–Crippen MR) is 74.5 cm³/mol. The smallest absolute Gasteiger partial charge is 0.348 e. The van der Waals surface area contributed by atoms with Crippen molar-refractivity contribution in [2.45, 2.75) is 27.7 Å². The first-order valence-corrected chi connectivity index (χ1v) is 6.93. The predicted octanol–water partition coefficient (Wildman–Crippen LogP) is 2.63. The van der Waals surface area contributed by atoms with E-state index in [0.29, 0.717) is 17.0 Å². The molecule has 0 bridgehead atoms. The van der Waals surface area contributed by atoms with Gasteiger partial charge in [0.2, 0.25) is 0 Å². The number of hydrogen-bond donors (Lipinski definition) is 1. The van der Waals surface area contributed by atoms with Crippen molar-refractivity contribution in [3.8, 4) is 0 Å². The Kier molecular flexibility index (Phi) is 5.35. The average Bonchev–Trinajstić information content (AvgIpc) is 2.62. The molecule has 5 nitrogen and oxygen atoms in total. The van der Waals surface area contributed by atoms with Crippen LogP contribution < -0.4 is 5.73 Å². The third-order valence-corrected chi connectivity index (χ3v) is 3.49. The Hall–Kier alpha value is -1.56. The van der Waals surface area contributed by atoms with Crippen LogP contribution in [0.15, 0.2) is 0 Å². The number of nitrogen functional groups attached to an aromatic ring is 1. The topological polar surface area (TPSA) is 78.6 Å². The standard InChI is InChI=1S/C13H19NO4S/c1-5-17-13(16)10-8(4)9(11(14)19-10)12(15)18-6-7(2)3/h7H,5-6,14H2,1-4H3. The Balaban J connectivity index is 2.96. The van der Waals surface area contributed by atoms with Gasteiger partial charge in [-0.25, -0.2) is 9.59 Å². The fourth-order valence-corrected chi connectivity index (χ4v) is 2.45.